The lowest BCUT2D eigenvalue weighted by Crippen LogP contribution is -2.53. The molecule has 0 saturated heterocycles. The first kappa shape index (κ1) is 16.5. The summed E-state index contributed by atoms with van der Waals surface area (Å²) in [6.45, 7) is 6.58. The Morgan fingerprint density at radius 2 is 1.84 bits per heavy atom. The Morgan fingerprint density at radius 3 is 2.37 bits per heavy atom. The van der Waals surface area contributed by atoms with Gasteiger partial charge in [0, 0.05) is 25.0 Å². The van der Waals surface area contributed by atoms with Crippen molar-refractivity contribution in [1.82, 2.24) is 10.2 Å². The van der Waals surface area contributed by atoms with Gasteiger partial charge in [-0.25, -0.2) is 0 Å². The molecule has 19 heavy (non-hydrogen) atoms. The summed E-state index contributed by atoms with van der Waals surface area (Å²) < 4.78 is 0. The van der Waals surface area contributed by atoms with E-state index in [0.717, 1.165) is 19.5 Å². The minimum Gasteiger partial charge on any atom is -0.314 e. The van der Waals surface area contributed by atoms with Crippen LogP contribution in [0.5, 0.6) is 0 Å². The van der Waals surface area contributed by atoms with E-state index >= 15 is 0 Å². The van der Waals surface area contributed by atoms with Gasteiger partial charge in [-0.1, -0.05) is 33.1 Å². The van der Waals surface area contributed by atoms with E-state index in [9.17, 15) is 0 Å². The molecule has 0 aromatic carbocycles. The molecule has 0 atom stereocenters. The minimum absolute atomic E-state index is 0.220. The summed E-state index contributed by atoms with van der Waals surface area (Å²) in [7, 11) is 4.43. The van der Waals surface area contributed by atoms with E-state index in [0.29, 0.717) is 12.0 Å². The van der Waals surface area contributed by atoms with Crippen molar-refractivity contribution in [1.29, 1.82) is 5.26 Å². The van der Waals surface area contributed by atoms with Gasteiger partial charge in [0.1, 0.15) is 0 Å². The molecule has 1 saturated carbocycles. The molecule has 0 spiro atoms. The summed E-state index contributed by atoms with van der Waals surface area (Å²) in [6, 6.07) is 2.25. The zero-order chi connectivity index (χ0) is 14.4. The molecular formula is C16H31N3. The molecule has 3 heteroatoms. The summed E-state index contributed by atoms with van der Waals surface area (Å²) in [5, 5.41) is 12.4. The third-order valence-electron chi connectivity index (χ3n) is 4.70. The van der Waals surface area contributed by atoms with Gasteiger partial charge in [-0.15, -0.1) is 0 Å². The van der Waals surface area contributed by atoms with E-state index in [-0.39, 0.29) is 5.41 Å². The average molecular weight is 265 g/mol. The number of hydrogen-bond acceptors (Lipinski definition) is 3. The first-order valence-electron chi connectivity index (χ1n) is 7.67. The monoisotopic (exact) mass is 265 g/mol. The van der Waals surface area contributed by atoms with Gasteiger partial charge in [-0.3, -0.25) is 0 Å². The van der Waals surface area contributed by atoms with Gasteiger partial charge in [0.25, 0.3) is 0 Å². The number of nitrogens with one attached hydrogen (secondary N) is 1. The number of likely N-dealkylation sites (N-methyl/N-ethyl adjacent to an activating group) is 1. The molecule has 0 aromatic heterocycles. The maximum atomic E-state index is 8.70. The van der Waals surface area contributed by atoms with Gasteiger partial charge in [0.05, 0.1) is 6.07 Å². The minimum atomic E-state index is 0.220. The van der Waals surface area contributed by atoms with Gasteiger partial charge in [0.15, 0.2) is 0 Å². The molecule has 0 heterocycles. The van der Waals surface area contributed by atoms with Crippen molar-refractivity contribution in [2.45, 2.75) is 64.3 Å². The van der Waals surface area contributed by atoms with Gasteiger partial charge >= 0.3 is 0 Å². The Morgan fingerprint density at radius 1 is 1.21 bits per heavy atom. The fourth-order valence-electron chi connectivity index (χ4n) is 3.11. The second-order valence-corrected chi connectivity index (χ2v) is 7.11. The van der Waals surface area contributed by atoms with Gasteiger partial charge in [-0.05, 0) is 38.8 Å². The molecule has 110 valence electrons. The maximum Gasteiger partial charge on any atom is 0.0621 e. The zero-order valence-electron chi connectivity index (χ0n) is 13.3. The molecule has 0 aromatic rings. The molecule has 0 unspecified atom stereocenters. The lowest BCUT2D eigenvalue weighted by molar-refractivity contribution is 0.0949. The summed E-state index contributed by atoms with van der Waals surface area (Å²) >= 11 is 0. The van der Waals surface area contributed by atoms with E-state index in [2.05, 4.69) is 44.2 Å². The van der Waals surface area contributed by atoms with Crippen LogP contribution < -0.4 is 5.32 Å². The van der Waals surface area contributed by atoms with Crippen molar-refractivity contribution in [2.24, 2.45) is 5.41 Å². The Labute approximate surface area is 119 Å². The molecule has 0 aliphatic heterocycles. The number of nitriles is 1. The van der Waals surface area contributed by atoms with Crippen LogP contribution in [0.3, 0.4) is 0 Å². The predicted molar refractivity (Wildman–Crippen MR) is 81.0 cm³/mol. The zero-order valence-corrected chi connectivity index (χ0v) is 13.3. The van der Waals surface area contributed by atoms with Crippen molar-refractivity contribution < 1.29 is 0 Å². The largest absolute Gasteiger partial charge is 0.314 e. The van der Waals surface area contributed by atoms with Gasteiger partial charge in [0.2, 0.25) is 0 Å². The molecule has 1 aliphatic rings. The van der Waals surface area contributed by atoms with Crippen LogP contribution in [-0.2, 0) is 0 Å². The van der Waals surface area contributed by atoms with E-state index in [1.165, 1.54) is 32.1 Å². The van der Waals surface area contributed by atoms with Crippen LogP contribution in [0, 0.1) is 16.7 Å². The van der Waals surface area contributed by atoms with Gasteiger partial charge in [-0.2, -0.15) is 5.26 Å². The number of rotatable bonds is 7. The highest BCUT2D eigenvalue weighted by Crippen LogP contribution is 2.32. The van der Waals surface area contributed by atoms with E-state index in [1.807, 2.05) is 0 Å². The maximum absolute atomic E-state index is 8.70. The second kappa shape index (κ2) is 7.26. The second-order valence-electron chi connectivity index (χ2n) is 7.11. The summed E-state index contributed by atoms with van der Waals surface area (Å²) in [4.78, 5) is 2.42. The predicted octanol–water partition coefficient (Wildman–Crippen LogP) is 3.17. The third-order valence-corrected chi connectivity index (χ3v) is 4.70. The molecule has 0 amide bonds. The fraction of sp³-hybridized carbons (Fsp3) is 0.938. The van der Waals surface area contributed by atoms with Crippen molar-refractivity contribution in [3.05, 3.63) is 0 Å². The Hall–Kier alpha value is -0.590. The van der Waals surface area contributed by atoms with Crippen LogP contribution in [0.15, 0.2) is 0 Å². The highest BCUT2D eigenvalue weighted by Gasteiger charge is 2.34. The highest BCUT2D eigenvalue weighted by molar-refractivity contribution is 4.93. The third kappa shape index (κ3) is 5.12. The van der Waals surface area contributed by atoms with Crippen LogP contribution in [0.2, 0.25) is 0 Å². The van der Waals surface area contributed by atoms with Gasteiger partial charge < -0.3 is 10.2 Å². The molecule has 1 N–H and O–H groups in total. The van der Waals surface area contributed by atoms with Crippen LogP contribution in [0.1, 0.15) is 58.8 Å². The first-order chi connectivity index (χ1) is 8.92. The molecule has 3 nitrogen and oxygen atoms in total. The number of nitrogens with zero attached hydrogens (tertiary/aromatic N) is 2. The molecule has 1 rings (SSSR count). The Bertz CT molecular complexity index is 296. The smallest absolute Gasteiger partial charge is 0.0621 e. The van der Waals surface area contributed by atoms with Crippen LogP contribution in [-0.4, -0.2) is 37.6 Å². The average Bonchev–Trinajstić information content (AvgIpc) is 2.37. The van der Waals surface area contributed by atoms with Crippen molar-refractivity contribution >= 4 is 0 Å². The van der Waals surface area contributed by atoms with Crippen LogP contribution in [0.25, 0.3) is 0 Å². The summed E-state index contributed by atoms with van der Waals surface area (Å²) in [6.07, 6.45) is 8.37. The summed E-state index contributed by atoms with van der Waals surface area (Å²) in [5.41, 5.74) is 0.571. The molecule has 0 radical (unpaired) electrons. The Kier molecular flexibility index (Phi) is 6.29. The molecular weight excluding hydrogens is 234 g/mol. The lowest BCUT2D eigenvalue weighted by atomic mass is 9.80. The lowest BCUT2D eigenvalue weighted by Gasteiger charge is -2.44. The summed E-state index contributed by atoms with van der Waals surface area (Å²) in [5.74, 6) is 0. The fourth-order valence-corrected chi connectivity index (χ4v) is 3.11. The Balaban J connectivity index is 2.43. The quantitative estimate of drug-likeness (QED) is 0.768. The highest BCUT2D eigenvalue weighted by atomic mass is 15.2. The molecule has 1 aliphatic carbocycles. The van der Waals surface area contributed by atoms with Crippen LogP contribution in [0.4, 0.5) is 0 Å². The van der Waals surface area contributed by atoms with Crippen molar-refractivity contribution in [3.63, 3.8) is 0 Å². The topological polar surface area (TPSA) is 39.1 Å². The first-order valence-corrected chi connectivity index (χ1v) is 7.67. The van der Waals surface area contributed by atoms with Crippen molar-refractivity contribution in [2.75, 3.05) is 27.2 Å². The van der Waals surface area contributed by atoms with Crippen LogP contribution >= 0.6 is 0 Å². The standard InChI is InChI=1S/C16H31N3/c1-15(2,9-8-12-17)13-18-14-16(19(3)4)10-6-5-7-11-16/h18H,5-11,13-14H2,1-4H3. The molecule has 0 bridgehead atoms. The SMILES string of the molecule is CN(C)C1(CNCC(C)(C)CCC#N)CCCCC1. The van der Waals surface area contributed by atoms with E-state index in [4.69, 9.17) is 5.26 Å². The van der Waals surface area contributed by atoms with E-state index in [1.54, 1.807) is 0 Å². The van der Waals surface area contributed by atoms with E-state index < -0.39 is 0 Å². The number of hydrogen-bond donors (Lipinski definition) is 1. The molecule has 1 fully saturated rings. The van der Waals surface area contributed by atoms with Crippen molar-refractivity contribution in [3.8, 4) is 6.07 Å². The normalized spacial score (nSPS) is 19.4.